The van der Waals surface area contributed by atoms with Gasteiger partial charge in [0.15, 0.2) is 0 Å². The van der Waals surface area contributed by atoms with E-state index in [1.807, 2.05) is 18.2 Å². The number of nitrogens with zero attached hydrogens (tertiary/aromatic N) is 4. The number of hydrogen-bond acceptors (Lipinski definition) is 4. The SMILES string of the molecule is c1ccc(-c2cc(N[C@@H]3CCCc4ccccc43)n3ncnc3n2)cc1. The summed E-state index contributed by atoms with van der Waals surface area (Å²) in [5.41, 5.74) is 4.79. The predicted molar refractivity (Wildman–Crippen MR) is 102 cm³/mol. The van der Waals surface area contributed by atoms with Crippen LogP contribution in [0.5, 0.6) is 0 Å². The van der Waals surface area contributed by atoms with E-state index in [0.717, 1.165) is 29.9 Å². The first kappa shape index (κ1) is 15.1. The van der Waals surface area contributed by atoms with Crippen molar-refractivity contribution >= 4 is 11.6 Å². The van der Waals surface area contributed by atoms with Gasteiger partial charge >= 0.3 is 0 Å². The summed E-state index contributed by atoms with van der Waals surface area (Å²) in [6.07, 6.45) is 5.00. The van der Waals surface area contributed by atoms with Gasteiger partial charge in [-0.3, -0.25) is 0 Å². The van der Waals surface area contributed by atoms with E-state index >= 15 is 0 Å². The molecule has 1 atom stereocenters. The molecule has 5 rings (SSSR count). The van der Waals surface area contributed by atoms with E-state index in [1.165, 1.54) is 17.5 Å². The summed E-state index contributed by atoms with van der Waals surface area (Å²) in [6, 6.07) is 21.2. The molecule has 26 heavy (non-hydrogen) atoms. The van der Waals surface area contributed by atoms with Crippen molar-refractivity contribution < 1.29 is 0 Å². The van der Waals surface area contributed by atoms with E-state index in [4.69, 9.17) is 0 Å². The van der Waals surface area contributed by atoms with E-state index in [0.29, 0.717) is 5.78 Å². The highest BCUT2D eigenvalue weighted by molar-refractivity contribution is 5.65. The highest BCUT2D eigenvalue weighted by Crippen LogP contribution is 2.33. The van der Waals surface area contributed by atoms with Crippen LogP contribution < -0.4 is 5.32 Å². The third-order valence-corrected chi connectivity index (χ3v) is 5.01. The number of nitrogens with one attached hydrogen (secondary N) is 1. The van der Waals surface area contributed by atoms with Crippen LogP contribution in [0.4, 0.5) is 5.82 Å². The van der Waals surface area contributed by atoms with Crippen molar-refractivity contribution in [1.29, 1.82) is 0 Å². The molecule has 0 radical (unpaired) electrons. The smallest absolute Gasteiger partial charge is 0.254 e. The minimum atomic E-state index is 0.276. The highest BCUT2D eigenvalue weighted by atomic mass is 15.4. The van der Waals surface area contributed by atoms with Crippen molar-refractivity contribution in [1.82, 2.24) is 19.6 Å². The van der Waals surface area contributed by atoms with Gasteiger partial charge in [-0.25, -0.2) is 4.98 Å². The van der Waals surface area contributed by atoms with Crippen LogP contribution in [0.15, 0.2) is 67.0 Å². The Hall–Kier alpha value is -3.21. The van der Waals surface area contributed by atoms with Gasteiger partial charge in [-0.1, -0.05) is 54.6 Å². The van der Waals surface area contributed by atoms with Crippen LogP contribution in [-0.2, 0) is 6.42 Å². The Bertz CT molecular complexity index is 1050. The van der Waals surface area contributed by atoms with Crippen LogP contribution in [-0.4, -0.2) is 19.6 Å². The number of rotatable bonds is 3. The minimum absolute atomic E-state index is 0.276. The van der Waals surface area contributed by atoms with Gasteiger partial charge in [0, 0.05) is 11.6 Å². The van der Waals surface area contributed by atoms with Crippen molar-refractivity contribution in [3.05, 3.63) is 78.1 Å². The molecule has 2 aromatic heterocycles. The molecule has 4 aromatic rings. The molecule has 5 heteroatoms. The first-order valence-corrected chi connectivity index (χ1v) is 8.99. The second-order valence-corrected chi connectivity index (χ2v) is 6.65. The molecule has 128 valence electrons. The number of anilines is 1. The number of aromatic nitrogens is 4. The Labute approximate surface area is 151 Å². The zero-order chi connectivity index (χ0) is 17.3. The molecular weight excluding hydrogens is 322 g/mol. The Kier molecular flexibility index (Phi) is 3.63. The van der Waals surface area contributed by atoms with Crippen LogP contribution in [0.2, 0.25) is 0 Å². The molecule has 1 aliphatic rings. The summed E-state index contributed by atoms with van der Waals surface area (Å²) in [5, 5.41) is 8.05. The van der Waals surface area contributed by atoms with Crippen molar-refractivity contribution in [3.63, 3.8) is 0 Å². The molecule has 0 saturated carbocycles. The fourth-order valence-corrected chi connectivity index (χ4v) is 3.75. The third kappa shape index (κ3) is 2.62. The molecule has 0 aliphatic heterocycles. The van der Waals surface area contributed by atoms with Crippen LogP contribution >= 0.6 is 0 Å². The number of aryl methyl sites for hydroxylation is 1. The zero-order valence-electron chi connectivity index (χ0n) is 14.3. The summed E-state index contributed by atoms with van der Waals surface area (Å²) in [4.78, 5) is 8.96. The first-order chi connectivity index (χ1) is 12.9. The molecule has 5 nitrogen and oxygen atoms in total. The van der Waals surface area contributed by atoms with Crippen molar-refractivity contribution in [3.8, 4) is 11.3 Å². The van der Waals surface area contributed by atoms with Gasteiger partial charge in [0.1, 0.15) is 12.1 Å². The summed E-state index contributed by atoms with van der Waals surface area (Å²) < 4.78 is 1.78. The largest absolute Gasteiger partial charge is 0.363 e. The topological polar surface area (TPSA) is 55.1 Å². The predicted octanol–water partition coefficient (Wildman–Crippen LogP) is 4.28. The lowest BCUT2D eigenvalue weighted by atomic mass is 9.88. The molecule has 0 unspecified atom stereocenters. The van der Waals surface area contributed by atoms with Gasteiger partial charge in [-0.05, 0) is 30.4 Å². The van der Waals surface area contributed by atoms with Gasteiger partial charge in [-0.15, -0.1) is 0 Å². The summed E-state index contributed by atoms with van der Waals surface area (Å²) in [5.74, 6) is 1.53. The Morgan fingerprint density at radius 3 is 2.77 bits per heavy atom. The lowest BCUT2D eigenvalue weighted by Crippen LogP contribution is -2.19. The maximum Gasteiger partial charge on any atom is 0.254 e. The average Bonchev–Trinajstić information content (AvgIpc) is 3.18. The molecule has 2 aromatic carbocycles. The molecule has 0 saturated heterocycles. The van der Waals surface area contributed by atoms with Gasteiger partial charge < -0.3 is 5.32 Å². The standard InChI is InChI=1S/C21H19N5/c1-2-8-16(9-3-1)19-13-20(26-21(25-19)22-14-23-26)24-18-12-6-10-15-7-4-5-11-17(15)18/h1-5,7-9,11,13-14,18,24H,6,10,12H2/t18-/m1/s1. The molecule has 0 bridgehead atoms. The van der Waals surface area contributed by atoms with Gasteiger partial charge in [0.25, 0.3) is 5.78 Å². The lowest BCUT2D eigenvalue weighted by Gasteiger charge is -2.27. The van der Waals surface area contributed by atoms with Gasteiger partial charge in [-0.2, -0.15) is 14.6 Å². The fourth-order valence-electron chi connectivity index (χ4n) is 3.75. The van der Waals surface area contributed by atoms with E-state index in [1.54, 1.807) is 10.8 Å². The minimum Gasteiger partial charge on any atom is -0.363 e. The zero-order valence-corrected chi connectivity index (χ0v) is 14.3. The van der Waals surface area contributed by atoms with Gasteiger partial charge in [0.05, 0.1) is 11.7 Å². The Morgan fingerprint density at radius 1 is 1.00 bits per heavy atom. The quantitative estimate of drug-likeness (QED) is 0.604. The molecule has 2 heterocycles. The van der Waals surface area contributed by atoms with Crippen molar-refractivity contribution in [2.24, 2.45) is 0 Å². The number of benzene rings is 2. The normalized spacial score (nSPS) is 16.4. The molecule has 1 N–H and O–H groups in total. The molecule has 0 fully saturated rings. The molecule has 0 spiro atoms. The van der Waals surface area contributed by atoms with E-state index in [9.17, 15) is 0 Å². The highest BCUT2D eigenvalue weighted by Gasteiger charge is 2.21. The summed E-state index contributed by atoms with van der Waals surface area (Å²) >= 11 is 0. The van der Waals surface area contributed by atoms with E-state index in [-0.39, 0.29) is 6.04 Å². The van der Waals surface area contributed by atoms with Crippen LogP contribution in [0, 0.1) is 0 Å². The Balaban J connectivity index is 1.58. The Morgan fingerprint density at radius 2 is 1.85 bits per heavy atom. The molecule has 0 amide bonds. The van der Waals surface area contributed by atoms with Crippen LogP contribution in [0.3, 0.4) is 0 Å². The maximum atomic E-state index is 4.65. The molecule has 1 aliphatic carbocycles. The second kappa shape index (κ2) is 6.26. The number of fused-ring (bicyclic) bond motifs is 2. The van der Waals surface area contributed by atoms with Crippen LogP contribution in [0.1, 0.15) is 30.0 Å². The molecular formula is C21H19N5. The van der Waals surface area contributed by atoms with Crippen molar-refractivity contribution in [2.75, 3.05) is 5.32 Å². The van der Waals surface area contributed by atoms with Crippen molar-refractivity contribution in [2.45, 2.75) is 25.3 Å². The van der Waals surface area contributed by atoms with E-state index < -0.39 is 0 Å². The lowest BCUT2D eigenvalue weighted by molar-refractivity contribution is 0.596. The second-order valence-electron chi connectivity index (χ2n) is 6.65. The van der Waals surface area contributed by atoms with Gasteiger partial charge in [0.2, 0.25) is 0 Å². The maximum absolute atomic E-state index is 4.65. The average molecular weight is 341 g/mol. The fraction of sp³-hybridized carbons (Fsp3) is 0.190. The van der Waals surface area contributed by atoms with Crippen LogP contribution in [0.25, 0.3) is 17.0 Å². The monoisotopic (exact) mass is 341 g/mol. The summed E-state index contributed by atoms with van der Waals surface area (Å²) in [7, 11) is 0. The summed E-state index contributed by atoms with van der Waals surface area (Å²) in [6.45, 7) is 0. The van der Waals surface area contributed by atoms with E-state index in [2.05, 4.69) is 62.8 Å². The first-order valence-electron chi connectivity index (χ1n) is 8.99. The number of hydrogen-bond donors (Lipinski definition) is 1. The third-order valence-electron chi connectivity index (χ3n) is 5.01.